The van der Waals surface area contributed by atoms with Gasteiger partial charge in [0.25, 0.3) is 0 Å². The van der Waals surface area contributed by atoms with Gasteiger partial charge < -0.3 is 10.2 Å². The summed E-state index contributed by atoms with van der Waals surface area (Å²) in [6.07, 6.45) is 2.45. The van der Waals surface area contributed by atoms with Crippen molar-refractivity contribution in [3.8, 4) is 0 Å². The highest BCUT2D eigenvalue weighted by Gasteiger charge is 2.28. The predicted octanol–water partition coefficient (Wildman–Crippen LogP) is 3.41. The molecular formula is C15H22BrFN2. The van der Waals surface area contributed by atoms with E-state index in [-0.39, 0.29) is 5.82 Å². The van der Waals surface area contributed by atoms with E-state index in [0.29, 0.717) is 5.41 Å². The maximum Gasteiger partial charge on any atom is 0.124 e. The first-order valence-electron chi connectivity index (χ1n) is 6.81. The molecule has 0 amide bonds. The van der Waals surface area contributed by atoms with E-state index in [4.69, 9.17) is 0 Å². The van der Waals surface area contributed by atoms with Gasteiger partial charge in [0, 0.05) is 17.6 Å². The van der Waals surface area contributed by atoms with E-state index in [0.717, 1.165) is 23.1 Å². The molecule has 19 heavy (non-hydrogen) atoms. The number of hydrogen-bond donors (Lipinski definition) is 1. The van der Waals surface area contributed by atoms with E-state index >= 15 is 0 Å². The van der Waals surface area contributed by atoms with Crippen molar-refractivity contribution in [1.82, 2.24) is 10.2 Å². The van der Waals surface area contributed by atoms with Crippen LogP contribution in [-0.2, 0) is 6.54 Å². The molecule has 2 rings (SSSR count). The molecule has 0 unspecified atom stereocenters. The van der Waals surface area contributed by atoms with E-state index < -0.39 is 0 Å². The molecule has 1 saturated heterocycles. The molecule has 0 bridgehead atoms. The number of likely N-dealkylation sites (tertiary alicyclic amines) is 1. The van der Waals surface area contributed by atoms with Crippen molar-refractivity contribution in [2.24, 2.45) is 5.41 Å². The minimum atomic E-state index is -0.184. The van der Waals surface area contributed by atoms with Crippen LogP contribution in [0.1, 0.15) is 25.3 Å². The Bertz CT molecular complexity index is 408. The normalized spacial score (nSPS) is 19.6. The molecule has 2 nitrogen and oxygen atoms in total. The van der Waals surface area contributed by atoms with Gasteiger partial charge in [-0.2, -0.15) is 0 Å². The molecule has 1 aromatic carbocycles. The summed E-state index contributed by atoms with van der Waals surface area (Å²) in [7, 11) is 2.18. The van der Waals surface area contributed by atoms with Crippen LogP contribution in [0.2, 0.25) is 0 Å². The molecule has 4 heteroatoms. The SMILES string of the molecule is CN1CCC(C)(CNCc2cc(F)cc(Br)c2)CC1. The molecule has 1 aliphatic rings. The minimum Gasteiger partial charge on any atom is -0.312 e. The summed E-state index contributed by atoms with van der Waals surface area (Å²) >= 11 is 3.33. The lowest BCUT2D eigenvalue weighted by Gasteiger charge is -2.38. The Morgan fingerprint density at radius 2 is 2.00 bits per heavy atom. The van der Waals surface area contributed by atoms with Gasteiger partial charge in [0.05, 0.1) is 0 Å². The van der Waals surface area contributed by atoms with Crippen molar-refractivity contribution in [3.63, 3.8) is 0 Å². The van der Waals surface area contributed by atoms with Gasteiger partial charge in [-0.1, -0.05) is 22.9 Å². The van der Waals surface area contributed by atoms with Gasteiger partial charge in [-0.05, 0) is 62.2 Å². The topological polar surface area (TPSA) is 15.3 Å². The number of nitrogens with one attached hydrogen (secondary N) is 1. The summed E-state index contributed by atoms with van der Waals surface area (Å²) in [6, 6.07) is 5.05. The zero-order valence-corrected chi connectivity index (χ0v) is 13.3. The van der Waals surface area contributed by atoms with Crippen LogP contribution >= 0.6 is 15.9 Å². The second-order valence-electron chi connectivity index (χ2n) is 6.00. The number of nitrogens with zero attached hydrogens (tertiary/aromatic N) is 1. The summed E-state index contributed by atoms with van der Waals surface area (Å²) in [5.74, 6) is -0.184. The number of hydrogen-bond acceptors (Lipinski definition) is 2. The van der Waals surface area contributed by atoms with Gasteiger partial charge in [-0.25, -0.2) is 4.39 Å². The predicted molar refractivity (Wildman–Crippen MR) is 80.6 cm³/mol. The molecule has 0 aromatic heterocycles. The Labute approximate surface area is 123 Å². The molecule has 1 fully saturated rings. The Kier molecular flexibility index (Phi) is 4.98. The zero-order valence-electron chi connectivity index (χ0n) is 11.7. The van der Waals surface area contributed by atoms with Crippen LogP contribution in [0.5, 0.6) is 0 Å². The van der Waals surface area contributed by atoms with Crippen LogP contribution in [0.25, 0.3) is 0 Å². The Balaban J connectivity index is 1.83. The Morgan fingerprint density at radius 1 is 1.32 bits per heavy atom. The molecule has 1 aliphatic heterocycles. The minimum absolute atomic E-state index is 0.184. The van der Waals surface area contributed by atoms with Gasteiger partial charge in [0.15, 0.2) is 0 Å². The third-order valence-corrected chi connectivity index (χ3v) is 4.46. The molecule has 106 valence electrons. The fraction of sp³-hybridized carbons (Fsp3) is 0.600. The van der Waals surface area contributed by atoms with Crippen molar-refractivity contribution in [1.29, 1.82) is 0 Å². The first-order valence-corrected chi connectivity index (χ1v) is 7.60. The molecule has 1 heterocycles. The molecule has 0 spiro atoms. The Morgan fingerprint density at radius 3 is 2.63 bits per heavy atom. The first kappa shape index (κ1) is 14.9. The quantitative estimate of drug-likeness (QED) is 0.911. The van der Waals surface area contributed by atoms with E-state index in [1.54, 1.807) is 6.07 Å². The monoisotopic (exact) mass is 328 g/mol. The summed E-state index contributed by atoms with van der Waals surface area (Å²) in [4.78, 5) is 2.38. The standard InChI is InChI=1S/C15H22BrFN2/c1-15(3-5-19(2)6-4-15)11-18-10-12-7-13(16)9-14(17)8-12/h7-9,18H,3-6,10-11H2,1-2H3. The highest BCUT2D eigenvalue weighted by atomic mass is 79.9. The number of benzene rings is 1. The number of rotatable bonds is 4. The summed E-state index contributed by atoms with van der Waals surface area (Å²) < 4.78 is 14.1. The van der Waals surface area contributed by atoms with E-state index in [2.05, 4.69) is 40.1 Å². The van der Waals surface area contributed by atoms with Gasteiger partial charge in [-0.3, -0.25) is 0 Å². The van der Waals surface area contributed by atoms with Gasteiger partial charge in [0.1, 0.15) is 5.82 Å². The molecule has 0 radical (unpaired) electrons. The third-order valence-electron chi connectivity index (χ3n) is 4.00. The average Bonchev–Trinajstić information content (AvgIpc) is 2.32. The number of piperidine rings is 1. The molecule has 1 N–H and O–H groups in total. The van der Waals surface area contributed by atoms with Crippen molar-refractivity contribution >= 4 is 15.9 Å². The van der Waals surface area contributed by atoms with Crippen LogP contribution in [-0.4, -0.2) is 31.6 Å². The lowest BCUT2D eigenvalue weighted by molar-refractivity contribution is 0.137. The van der Waals surface area contributed by atoms with Crippen molar-refractivity contribution in [2.75, 3.05) is 26.7 Å². The highest BCUT2D eigenvalue weighted by molar-refractivity contribution is 9.10. The lowest BCUT2D eigenvalue weighted by atomic mass is 9.80. The van der Waals surface area contributed by atoms with Crippen LogP contribution in [0.3, 0.4) is 0 Å². The summed E-state index contributed by atoms with van der Waals surface area (Å²) in [6.45, 7) is 6.40. The second kappa shape index (κ2) is 6.33. The maximum absolute atomic E-state index is 13.3. The van der Waals surface area contributed by atoms with Crippen LogP contribution in [0.4, 0.5) is 4.39 Å². The van der Waals surface area contributed by atoms with Crippen LogP contribution in [0, 0.1) is 11.2 Å². The number of halogens is 2. The highest BCUT2D eigenvalue weighted by Crippen LogP contribution is 2.29. The maximum atomic E-state index is 13.3. The fourth-order valence-corrected chi connectivity index (χ4v) is 3.07. The van der Waals surface area contributed by atoms with Gasteiger partial charge >= 0.3 is 0 Å². The average molecular weight is 329 g/mol. The molecule has 0 aliphatic carbocycles. The first-order chi connectivity index (χ1) is 8.97. The largest absolute Gasteiger partial charge is 0.312 e. The van der Waals surface area contributed by atoms with Gasteiger partial charge in [-0.15, -0.1) is 0 Å². The molecule has 0 atom stereocenters. The van der Waals surface area contributed by atoms with Gasteiger partial charge in [0.2, 0.25) is 0 Å². The third kappa shape index (κ3) is 4.55. The smallest absolute Gasteiger partial charge is 0.124 e. The zero-order chi connectivity index (χ0) is 13.9. The lowest BCUT2D eigenvalue weighted by Crippen LogP contribution is -2.41. The van der Waals surface area contributed by atoms with E-state index in [9.17, 15) is 4.39 Å². The summed E-state index contributed by atoms with van der Waals surface area (Å²) in [5, 5.41) is 3.48. The Hall–Kier alpha value is -0.450. The molecular weight excluding hydrogens is 307 g/mol. The van der Waals surface area contributed by atoms with Crippen molar-refractivity contribution < 1.29 is 4.39 Å². The van der Waals surface area contributed by atoms with Crippen molar-refractivity contribution in [2.45, 2.75) is 26.3 Å². The van der Waals surface area contributed by atoms with Crippen molar-refractivity contribution in [3.05, 3.63) is 34.1 Å². The fourth-order valence-electron chi connectivity index (χ4n) is 2.56. The van der Waals surface area contributed by atoms with Crippen LogP contribution < -0.4 is 5.32 Å². The molecule has 1 aromatic rings. The van der Waals surface area contributed by atoms with Crippen LogP contribution in [0.15, 0.2) is 22.7 Å². The van der Waals surface area contributed by atoms with E-state index in [1.807, 2.05) is 6.07 Å². The van der Waals surface area contributed by atoms with E-state index in [1.165, 1.54) is 32.0 Å². The second-order valence-corrected chi connectivity index (χ2v) is 6.91. The molecule has 0 saturated carbocycles. The summed E-state index contributed by atoms with van der Waals surface area (Å²) in [5.41, 5.74) is 1.36.